The number of aryl methyl sites for hydroxylation is 1. The fourth-order valence-corrected chi connectivity index (χ4v) is 3.00. The fourth-order valence-electron chi connectivity index (χ4n) is 3.00. The van der Waals surface area contributed by atoms with Crippen molar-refractivity contribution in [3.63, 3.8) is 0 Å². The van der Waals surface area contributed by atoms with Gasteiger partial charge in [-0.15, -0.1) is 0 Å². The Morgan fingerprint density at radius 2 is 1.50 bits per heavy atom. The first-order valence-electron chi connectivity index (χ1n) is 11.7. The number of amides is 2. The predicted molar refractivity (Wildman–Crippen MR) is 137 cm³/mol. The summed E-state index contributed by atoms with van der Waals surface area (Å²) in [5, 5.41) is 6.43. The lowest BCUT2D eigenvalue weighted by molar-refractivity contribution is -0.120. The Kier molecular flexibility index (Phi) is 9.76. The van der Waals surface area contributed by atoms with Gasteiger partial charge in [-0.05, 0) is 79.6 Å². The van der Waals surface area contributed by atoms with Gasteiger partial charge < -0.3 is 14.8 Å². The minimum absolute atomic E-state index is 0.223. The third-order valence-electron chi connectivity index (χ3n) is 5.07. The molecule has 0 aliphatic heterocycles. The summed E-state index contributed by atoms with van der Waals surface area (Å²) in [6.45, 7) is 4.44. The van der Waals surface area contributed by atoms with E-state index in [1.807, 2.05) is 19.1 Å². The minimum atomic E-state index is -0.470. The van der Waals surface area contributed by atoms with Gasteiger partial charge in [-0.25, -0.2) is 10.2 Å². The number of nitrogens with one attached hydrogen (secondary N) is 2. The number of unbranched alkanes of at least 4 members (excludes halogenated alkanes) is 1. The quantitative estimate of drug-likeness (QED) is 0.138. The lowest BCUT2D eigenvalue weighted by Crippen LogP contribution is -2.34. The van der Waals surface area contributed by atoms with Gasteiger partial charge >= 0.3 is 5.97 Å². The van der Waals surface area contributed by atoms with Gasteiger partial charge in [0.15, 0.2) is 0 Å². The van der Waals surface area contributed by atoms with Crippen LogP contribution in [0.2, 0.25) is 0 Å². The number of hydrogen-bond donors (Lipinski definition) is 2. The predicted octanol–water partition coefficient (Wildman–Crippen LogP) is 4.27. The minimum Gasteiger partial charge on any atom is -0.494 e. The van der Waals surface area contributed by atoms with Crippen molar-refractivity contribution in [3.05, 3.63) is 95.1 Å². The number of carbonyl (C=O) groups is 3. The van der Waals surface area contributed by atoms with Gasteiger partial charge in [-0.1, -0.05) is 31.0 Å². The Balaban J connectivity index is 1.40. The second kappa shape index (κ2) is 13.4. The first-order valence-corrected chi connectivity index (χ1v) is 11.7. The van der Waals surface area contributed by atoms with Gasteiger partial charge in [0, 0.05) is 5.56 Å². The van der Waals surface area contributed by atoms with Crippen LogP contribution in [0, 0.1) is 6.92 Å². The van der Waals surface area contributed by atoms with Crippen molar-refractivity contribution in [2.75, 3.05) is 13.2 Å². The van der Waals surface area contributed by atoms with Crippen molar-refractivity contribution in [1.29, 1.82) is 0 Å². The van der Waals surface area contributed by atoms with Crippen LogP contribution < -0.4 is 20.2 Å². The molecule has 0 radical (unpaired) electrons. The maximum atomic E-state index is 12.2. The van der Waals surface area contributed by atoms with E-state index in [2.05, 4.69) is 22.8 Å². The fraction of sp³-hybridized carbons (Fsp3) is 0.214. The first-order chi connectivity index (χ1) is 17.4. The Bertz CT molecular complexity index is 1190. The van der Waals surface area contributed by atoms with Crippen molar-refractivity contribution in [1.82, 2.24) is 10.7 Å². The molecule has 0 fully saturated rings. The Hall–Kier alpha value is -4.46. The van der Waals surface area contributed by atoms with Crippen LogP contribution in [-0.4, -0.2) is 37.1 Å². The first kappa shape index (κ1) is 26.2. The molecular weight excluding hydrogens is 458 g/mol. The lowest BCUT2D eigenvalue weighted by Gasteiger charge is -2.07. The zero-order chi connectivity index (χ0) is 25.8. The number of rotatable bonds is 11. The summed E-state index contributed by atoms with van der Waals surface area (Å²) >= 11 is 0. The SMILES string of the molecule is CCCCOc1ccc(C(=O)NCC(=O)N/N=C\c2ccc(OC(=O)c3ccc(C)cc3)cc2)cc1. The van der Waals surface area contributed by atoms with Gasteiger partial charge in [0.05, 0.1) is 24.9 Å². The maximum absolute atomic E-state index is 12.2. The maximum Gasteiger partial charge on any atom is 0.343 e. The smallest absolute Gasteiger partial charge is 0.343 e. The number of esters is 1. The second-order valence-corrected chi connectivity index (χ2v) is 8.03. The Morgan fingerprint density at radius 1 is 0.861 bits per heavy atom. The highest BCUT2D eigenvalue weighted by Crippen LogP contribution is 2.14. The summed E-state index contributed by atoms with van der Waals surface area (Å²) < 4.78 is 10.9. The second-order valence-electron chi connectivity index (χ2n) is 8.03. The molecule has 8 heteroatoms. The molecule has 2 N–H and O–H groups in total. The third kappa shape index (κ3) is 8.39. The molecule has 2 amide bonds. The van der Waals surface area contributed by atoms with Crippen LogP contribution in [0.1, 0.15) is 51.6 Å². The number of hydrazone groups is 1. The topological polar surface area (TPSA) is 106 Å². The van der Waals surface area contributed by atoms with Crippen LogP contribution >= 0.6 is 0 Å². The monoisotopic (exact) mass is 487 g/mol. The normalized spacial score (nSPS) is 10.6. The molecule has 0 aromatic heterocycles. The van der Waals surface area contributed by atoms with Crippen LogP contribution in [0.4, 0.5) is 0 Å². The van der Waals surface area contributed by atoms with E-state index in [0.29, 0.717) is 34.8 Å². The number of ether oxygens (including phenoxy) is 2. The zero-order valence-corrected chi connectivity index (χ0v) is 20.3. The summed E-state index contributed by atoms with van der Waals surface area (Å²) in [6, 6.07) is 20.5. The summed E-state index contributed by atoms with van der Waals surface area (Å²) in [5.41, 5.74) is 5.00. The number of carbonyl (C=O) groups excluding carboxylic acids is 3. The van der Waals surface area contributed by atoms with Crippen LogP contribution in [0.3, 0.4) is 0 Å². The molecule has 186 valence electrons. The van der Waals surface area contributed by atoms with E-state index < -0.39 is 11.9 Å². The molecule has 0 aliphatic rings. The van der Waals surface area contributed by atoms with E-state index in [0.717, 1.165) is 18.4 Å². The van der Waals surface area contributed by atoms with Gasteiger partial charge in [0.25, 0.3) is 11.8 Å². The highest BCUT2D eigenvalue weighted by molar-refractivity contribution is 5.96. The Labute approximate surface area is 210 Å². The zero-order valence-electron chi connectivity index (χ0n) is 20.3. The van der Waals surface area contributed by atoms with Gasteiger partial charge in [-0.2, -0.15) is 5.10 Å². The van der Waals surface area contributed by atoms with E-state index in [9.17, 15) is 14.4 Å². The number of nitrogens with zero attached hydrogens (tertiary/aromatic N) is 1. The van der Waals surface area contributed by atoms with Crippen molar-refractivity contribution < 1.29 is 23.9 Å². The van der Waals surface area contributed by atoms with Crippen LogP contribution in [0.5, 0.6) is 11.5 Å². The van der Waals surface area contributed by atoms with Crippen LogP contribution in [0.15, 0.2) is 77.9 Å². The molecule has 0 atom stereocenters. The van der Waals surface area contributed by atoms with E-state index in [1.54, 1.807) is 60.7 Å². The lowest BCUT2D eigenvalue weighted by atomic mass is 10.1. The molecule has 0 heterocycles. The highest BCUT2D eigenvalue weighted by Gasteiger charge is 2.09. The molecule has 0 saturated heterocycles. The van der Waals surface area contributed by atoms with Crippen molar-refractivity contribution in [3.8, 4) is 11.5 Å². The summed E-state index contributed by atoms with van der Waals surface area (Å²) in [5.74, 6) is -0.190. The average molecular weight is 488 g/mol. The van der Waals surface area contributed by atoms with Crippen molar-refractivity contribution in [2.45, 2.75) is 26.7 Å². The molecule has 0 unspecified atom stereocenters. The van der Waals surface area contributed by atoms with Gasteiger partial charge in [-0.3, -0.25) is 9.59 Å². The van der Waals surface area contributed by atoms with E-state index in [1.165, 1.54) is 6.21 Å². The van der Waals surface area contributed by atoms with Crippen LogP contribution in [0.25, 0.3) is 0 Å². The molecule has 36 heavy (non-hydrogen) atoms. The van der Waals surface area contributed by atoms with E-state index >= 15 is 0 Å². The molecule has 3 aromatic carbocycles. The van der Waals surface area contributed by atoms with E-state index in [-0.39, 0.29) is 12.5 Å². The molecule has 0 spiro atoms. The standard InChI is InChI=1S/C28H29N3O5/c1-3-4-17-35-24-15-11-22(12-16-24)27(33)29-19-26(32)31-30-18-21-7-13-25(14-8-21)36-28(34)23-9-5-20(2)6-10-23/h5-16,18H,3-4,17,19H2,1-2H3,(H,29,33)(H,31,32)/b30-18-. The molecule has 3 rings (SSSR count). The molecule has 0 aliphatic carbocycles. The van der Waals surface area contributed by atoms with Crippen molar-refractivity contribution >= 4 is 24.0 Å². The van der Waals surface area contributed by atoms with Gasteiger partial charge in [0.2, 0.25) is 0 Å². The third-order valence-corrected chi connectivity index (χ3v) is 5.07. The van der Waals surface area contributed by atoms with Crippen molar-refractivity contribution in [2.24, 2.45) is 5.10 Å². The molecule has 0 saturated carbocycles. The number of benzene rings is 3. The largest absolute Gasteiger partial charge is 0.494 e. The summed E-state index contributed by atoms with van der Waals surface area (Å²) in [7, 11) is 0. The molecule has 8 nitrogen and oxygen atoms in total. The summed E-state index contributed by atoms with van der Waals surface area (Å²) in [6.07, 6.45) is 3.46. The number of hydrogen-bond acceptors (Lipinski definition) is 6. The highest BCUT2D eigenvalue weighted by atomic mass is 16.5. The molecule has 3 aromatic rings. The van der Waals surface area contributed by atoms with Crippen LogP contribution in [-0.2, 0) is 4.79 Å². The summed E-state index contributed by atoms with van der Waals surface area (Å²) in [4.78, 5) is 36.4. The molecular formula is C28H29N3O5. The molecule has 0 bridgehead atoms. The van der Waals surface area contributed by atoms with Gasteiger partial charge in [0.1, 0.15) is 11.5 Å². The Morgan fingerprint density at radius 3 is 2.17 bits per heavy atom. The average Bonchev–Trinajstić information content (AvgIpc) is 2.89. The van der Waals surface area contributed by atoms with E-state index in [4.69, 9.17) is 9.47 Å².